The van der Waals surface area contributed by atoms with E-state index in [1.54, 1.807) is 11.3 Å². The van der Waals surface area contributed by atoms with Gasteiger partial charge in [0, 0.05) is 5.38 Å². The fourth-order valence-corrected chi connectivity index (χ4v) is 2.71. The molecule has 0 spiro atoms. The van der Waals surface area contributed by atoms with Gasteiger partial charge in [0.2, 0.25) is 0 Å². The Morgan fingerprint density at radius 1 is 1.24 bits per heavy atom. The van der Waals surface area contributed by atoms with Crippen molar-refractivity contribution < 1.29 is 4.52 Å². The first-order chi connectivity index (χ1) is 10.1. The van der Waals surface area contributed by atoms with E-state index in [9.17, 15) is 0 Å². The summed E-state index contributed by atoms with van der Waals surface area (Å²) in [5.74, 6) is 1.01. The van der Waals surface area contributed by atoms with Crippen molar-refractivity contribution in [3.05, 3.63) is 63.7 Å². The molecule has 6 heteroatoms. The fraction of sp³-hybridized carbons (Fsp3) is 0.267. The third-order valence-electron chi connectivity index (χ3n) is 3.29. The number of hydrogen-bond acceptors (Lipinski definition) is 6. The summed E-state index contributed by atoms with van der Waals surface area (Å²) < 4.78 is 5.35. The SMILES string of the molecule is Cc1nc(Cc2noc(C(C)(N)c3ccccc3)n2)cs1. The van der Waals surface area contributed by atoms with E-state index in [2.05, 4.69) is 15.1 Å². The average Bonchev–Trinajstić information content (AvgIpc) is 3.10. The van der Waals surface area contributed by atoms with Crippen molar-refractivity contribution in [1.29, 1.82) is 0 Å². The van der Waals surface area contributed by atoms with Crippen LogP contribution in [0.1, 0.15) is 34.9 Å². The number of nitrogens with two attached hydrogens (primary N) is 1. The molecule has 2 N–H and O–H groups in total. The molecule has 5 nitrogen and oxygen atoms in total. The summed E-state index contributed by atoms with van der Waals surface area (Å²) in [7, 11) is 0. The molecular formula is C15H16N4OS. The molecule has 0 amide bonds. The zero-order valence-corrected chi connectivity index (χ0v) is 12.7. The summed E-state index contributed by atoms with van der Waals surface area (Å²) >= 11 is 1.61. The van der Waals surface area contributed by atoms with Gasteiger partial charge in [-0.3, -0.25) is 0 Å². The number of benzene rings is 1. The van der Waals surface area contributed by atoms with Crippen molar-refractivity contribution in [3.8, 4) is 0 Å². The van der Waals surface area contributed by atoms with E-state index in [1.807, 2.05) is 49.6 Å². The molecule has 0 aliphatic carbocycles. The van der Waals surface area contributed by atoms with Gasteiger partial charge in [0.05, 0.1) is 17.1 Å². The summed E-state index contributed by atoms with van der Waals surface area (Å²) in [6.07, 6.45) is 0.554. The average molecular weight is 300 g/mol. The molecule has 1 atom stereocenters. The number of hydrogen-bond donors (Lipinski definition) is 1. The van der Waals surface area contributed by atoms with Crippen LogP contribution in [-0.4, -0.2) is 15.1 Å². The molecule has 0 aliphatic heterocycles. The number of rotatable bonds is 4. The molecule has 2 heterocycles. The lowest BCUT2D eigenvalue weighted by Crippen LogP contribution is -2.34. The molecule has 21 heavy (non-hydrogen) atoms. The predicted octanol–water partition coefficient (Wildman–Crippen LogP) is 2.65. The third-order valence-corrected chi connectivity index (χ3v) is 4.11. The van der Waals surface area contributed by atoms with Crippen molar-refractivity contribution in [2.24, 2.45) is 5.73 Å². The number of aromatic nitrogens is 3. The third kappa shape index (κ3) is 2.86. The van der Waals surface area contributed by atoms with Gasteiger partial charge < -0.3 is 10.3 Å². The Labute approximate surface area is 126 Å². The molecule has 0 aliphatic rings. The Hall–Kier alpha value is -2.05. The van der Waals surface area contributed by atoms with Crippen LogP contribution >= 0.6 is 11.3 Å². The number of thiazole rings is 1. The summed E-state index contributed by atoms with van der Waals surface area (Å²) in [6, 6.07) is 9.73. The molecule has 2 aromatic heterocycles. The number of aryl methyl sites for hydroxylation is 1. The molecule has 1 aromatic carbocycles. The first-order valence-corrected chi connectivity index (χ1v) is 7.52. The molecule has 1 unspecified atom stereocenters. The molecule has 0 saturated heterocycles. The van der Waals surface area contributed by atoms with Gasteiger partial charge >= 0.3 is 0 Å². The highest BCUT2D eigenvalue weighted by molar-refractivity contribution is 7.09. The first kappa shape index (κ1) is 13.9. The van der Waals surface area contributed by atoms with Crippen LogP contribution < -0.4 is 5.73 Å². The van der Waals surface area contributed by atoms with Gasteiger partial charge in [0.15, 0.2) is 5.82 Å². The quantitative estimate of drug-likeness (QED) is 0.801. The van der Waals surface area contributed by atoms with Gasteiger partial charge in [-0.1, -0.05) is 35.5 Å². The maximum absolute atomic E-state index is 6.36. The van der Waals surface area contributed by atoms with Gasteiger partial charge in [-0.15, -0.1) is 11.3 Å². The van der Waals surface area contributed by atoms with Crippen LogP contribution in [0.5, 0.6) is 0 Å². The van der Waals surface area contributed by atoms with Crippen LogP contribution in [0.2, 0.25) is 0 Å². The van der Waals surface area contributed by atoms with Crippen molar-refractivity contribution in [2.75, 3.05) is 0 Å². The van der Waals surface area contributed by atoms with Crippen molar-refractivity contribution >= 4 is 11.3 Å². The molecule has 0 bridgehead atoms. The topological polar surface area (TPSA) is 77.8 Å². The molecule has 3 aromatic rings. The largest absolute Gasteiger partial charge is 0.337 e. The zero-order valence-electron chi connectivity index (χ0n) is 11.9. The number of nitrogens with zero attached hydrogens (tertiary/aromatic N) is 3. The minimum atomic E-state index is -0.801. The van der Waals surface area contributed by atoms with Crippen LogP contribution in [-0.2, 0) is 12.0 Å². The fourth-order valence-electron chi connectivity index (χ4n) is 2.10. The van der Waals surface area contributed by atoms with Crippen LogP contribution in [0.3, 0.4) is 0 Å². The first-order valence-electron chi connectivity index (χ1n) is 6.64. The van der Waals surface area contributed by atoms with Crippen molar-refractivity contribution in [2.45, 2.75) is 25.8 Å². The highest BCUT2D eigenvalue weighted by Gasteiger charge is 2.30. The minimum Gasteiger partial charge on any atom is -0.337 e. The monoisotopic (exact) mass is 300 g/mol. The Morgan fingerprint density at radius 3 is 2.67 bits per heavy atom. The normalized spacial score (nSPS) is 14.0. The lowest BCUT2D eigenvalue weighted by Gasteiger charge is -2.20. The van der Waals surface area contributed by atoms with Crippen LogP contribution in [0, 0.1) is 6.92 Å². The standard InChI is InChI=1S/C15H16N4OS/c1-10-17-12(9-21-10)8-13-18-14(20-19-13)15(2,16)11-6-4-3-5-7-11/h3-7,9H,8,16H2,1-2H3. The molecule has 0 fully saturated rings. The molecule has 108 valence electrons. The van der Waals surface area contributed by atoms with E-state index in [-0.39, 0.29) is 0 Å². The van der Waals surface area contributed by atoms with Gasteiger partial charge in [-0.05, 0) is 19.4 Å². The Morgan fingerprint density at radius 2 is 2.00 bits per heavy atom. The second kappa shape index (κ2) is 5.38. The van der Waals surface area contributed by atoms with Gasteiger partial charge in [0.25, 0.3) is 5.89 Å². The maximum Gasteiger partial charge on any atom is 0.251 e. The Kier molecular flexibility index (Phi) is 3.57. The summed E-state index contributed by atoms with van der Waals surface area (Å²) in [4.78, 5) is 8.83. The van der Waals surface area contributed by atoms with Gasteiger partial charge in [0.1, 0.15) is 5.54 Å². The van der Waals surface area contributed by atoms with Crippen molar-refractivity contribution in [1.82, 2.24) is 15.1 Å². The van der Waals surface area contributed by atoms with Crippen LogP contribution in [0.15, 0.2) is 40.2 Å². The molecule has 0 saturated carbocycles. The van der Waals surface area contributed by atoms with E-state index >= 15 is 0 Å². The van der Waals surface area contributed by atoms with E-state index < -0.39 is 5.54 Å². The molecule has 3 rings (SSSR count). The maximum atomic E-state index is 6.36. The lowest BCUT2D eigenvalue weighted by atomic mass is 9.93. The van der Waals surface area contributed by atoms with E-state index in [0.717, 1.165) is 16.3 Å². The smallest absolute Gasteiger partial charge is 0.251 e. The van der Waals surface area contributed by atoms with Crippen LogP contribution in [0.4, 0.5) is 0 Å². The Bertz CT molecular complexity index is 733. The summed E-state index contributed by atoms with van der Waals surface area (Å²) in [5.41, 5.74) is 7.44. The Balaban J connectivity index is 1.84. The second-order valence-electron chi connectivity index (χ2n) is 5.12. The minimum absolute atomic E-state index is 0.413. The zero-order chi connectivity index (χ0) is 14.9. The molecule has 0 radical (unpaired) electrons. The summed E-state index contributed by atoms with van der Waals surface area (Å²) in [6.45, 7) is 3.84. The van der Waals surface area contributed by atoms with Crippen molar-refractivity contribution in [3.63, 3.8) is 0 Å². The van der Waals surface area contributed by atoms with E-state index in [0.29, 0.717) is 18.1 Å². The highest BCUT2D eigenvalue weighted by Crippen LogP contribution is 2.25. The van der Waals surface area contributed by atoms with E-state index in [1.165, 1.54) is 0 Å². The van der Waals surface area contributed by atoms with Crippen LogP contribution in [0.25, 0.3) is 0 Å². The predicted molar refractivity (Wildman–Crippen MR) is 81.0 cm³/mol. The summed E-state index contributed by atoms with van der Waals surface area (Å²) in [5, 5.41) is 7.04. The van der Waals surface area contributed by atoms with E-state index in [4.69, 9.17) is 10.3 Å². The second-order valence-corrected chi connectivity index (χ2v) is 6.18. The molecular weight excluding hydrogens is 284 g/mol. The van der Waals surface area contributed by atoms with Gasteiger partial charge in [-0.25, -0.2) is 4.98 Å². The highest BCUT2D eigenvalue weighted by atomic mass is 32.1. The van der Waals surface area contributed by atoms with Gasteiger partial charge in [-0.2, -0.15) is 4.98 Å². The lowest BCUT2D eigenvalue weighted by molar-refractivity contribution is 0.323.